The van der Waals surface area contributed by atoms with Crippen molar-refractivity contribution in [3.8, 4) is 5.75 Å². The first kappa shape index (κ1) is 12.8. The Hall–Kier alpha value is -2.24. The van der Waals surface area contributed by atoms with Gasteiger partial charge < -0.3 is 4.74 Å². The Morgan fingerprint density at radius 1 is 1.59 bits per heavy atom. The van der Waals surface area contributed by atoms with Crippen LogP contribution in [0, 0.1) is 10.1 Å². The summed E-state index contributed by atoms with van der Waals surface area (Å²) in [5.41, 5.74) is 0.782. The highest BCUT2D eigenvalue weighted by Crippen LogP contribution is 2.24. The van der Waals surface area contributed by atoms with Crippen LogP contribution in [0.1, 0.15) is 17.3 Å². The Bertz CT molecular complexity index is 469. The first-order valence-corrected chi connectivity index (χ1v) is 4.88. The molecule has 17 heavy (non-hydrogen) atoms. The monoisotopic (exact) mass is 236 g/mol. The number of benzene rings is 1. The molecule has 0 spiro atoms. The van der Waals surface area contributed by atoms with Crippen LogP contribution in [0.25, 0.3) is 0 Å². The van der Waals surface area contributed by atoms with Gasteiger partial charge in [0.25, 0.3) is 0 Å². The Kier molecular flexibility index (Phi) is 4.33. The maximum absolute atomic E-state index is 11.4. The fourth-order valence-electron chi connectivity index (χ4n) is 1.24. The van der Waals surface area contributed by atoms with E-state index in [0.29, 0.717) is 17.0 Å². The third kappa shape index (κ3) is 3.67. The molecule has 1 aromatic rings. The predicted octanol–water partition coefficient (Wildman–Crippen LogP) is 1.88. The van der Waals surface area contributed by atoms with Crippen molar-refractivity contribution in [2.75, 3.05) is 13.7 Å². The molecular formula is C11H12N2O4. The van der Waals surface area contributed by atoms with Crippen LogP contribution >= 0.6 is 0 Å². The summed E-state index contributed by atoms with van der Waals surface area (Å²) in [5, 5.41) is 10.1. The lowest BCUT2D eigenvalue weighted by molar-refractivity contribution is -0.462. The molecule has 0 fully saturated rings. The van der Waals surface area contributed by atoms with E-state index in [2.05, 4.69) is 4.99 Å². The van der Waals surface area contributed by atoms with Gasteiger partial charge in [-0.05, 0) is 25.1 Å². The number of nitrogens with zero attached hydrogens (tertiary/aromatic N) is 2. The average molecular weight is 236 g/mol. The maximum atomic E-state index is 11.4. The third-order valence-corrected chi connectivity index (χ3v) is 2.04. The molecule has 0 heterocycles. The van der Waals surface area contributed by atoms with Crippen LogP contribution in [0.4, 0.5) is 5.69 Å². The van der Waals surface area contributed by atoms with Crippen LogP contribution in [-0.2, 0) is 0 Å². The second kappa shape index (κ2) is 5.74. The lowest BCUT2D eigenvalue weighted by Gasteiger charge is -2.04. The largest absolute Gasteiger partial charge is 0.497 e. The molecule has 0 aliphatic heterocycles. The van der Waals surface area contributed by atoms with Crippen molar-refractivity contribution in [2.45, 2.75) is 6.92 Å². The summed E-state index contributed by atoms with van der Waals surface area (Å²) in [6.07, 6.45) is 1.16. The SMILES string of the molecule is COc1ccc(N=CC[N+](=O)[O-])c(C(C)=O)c1. The summed E-state index contributed by atoms with van der Waals surface area (Å²) < 4.78 is 4.99. The fourth-order valence-corrected chi connectivity index (χ4v) is 1.24. The third-order valence-electron chi connectivity index (χ3n) is 2.04. The van der Waals surface area contributed by atoms with Crippen molar-refractivity contribution in [3.63, 3.8) is 0 Å². The van der Waals surface area contributed by atoms with E-state index in [1.54, 1.807) is 18.2 Å². The zero-order valence-electron chi connectivity index (χ0n) is 9.54. The summed E-state index contributed by atoms with van der Waals surface area (Å²) >= 11 is 0. The molecule has 0 amide bonds. The molecule has 6 nitrogen and oxygen atoms in total. The summed E-state index contributed by atoms with van der Waals surface area (Å²) in [7, 11) is 1.49. The number of rotatable bonds is 5. The Morgan fingerprint density at radius 3 is 2.82 bits per heavy atom. The standard InChI is InChI=1S/C11H12N2O4/c1-8(14)10-7-9(17-2)3-4-11(10)12-5-6-13(15)16/h3-5,7H,6H2,1-2H3. The number of carbonyl (C=O) groups excluding carboxylic acids is 1. The van der Waals surface area contributed by atoms with Gasteiger partial charge in [-0.2, -0.15) is 0 Å². The molecule has 0 atom stereocenters. The summed E-state index contributed by atoms with van der Waals surface area (Å²) in [5.74, 6) is 0.376. The molecule has 0 aliphatic carbocycles. The van der Waals surface area contributed by atoms with E-state index in [-0.39, 0.29) is 12.3 Å². The number of ether oxygens (including phenoxy) is 1. The maximum Gasteiger partial charge on any atom is 0.238 e. The lowest BCUT2D eigenvalue weighted by Crippen LogP contribution is -2.01. The predicted molar refractivity (Wildman–Crippen MR) is 63.0 cm³/mol. The van der Waals surface area contributed by atoms with Gasteiger partial charge in [-0.1, -0.05) is 0 Å². The molecular weight excluding hydrogens is 224 g/mol. The van der Waals surface area contributed by atoms with Crippen molar-refractivity contribution in [1.29, 1.82) is 0 Å². The van der Waals surface area contributed by atoms with E-state index >= 15 is 0 Å². The van der Waals surface area contributed by atoms with Gasteiger partial charge in [-0.25, -0.2) is 0 Å². The number of carbonyl (C=O) groups is 1. The van der Waals surface area contributed by atoms with Gasteiger partial charge in [0.15, 0.2) is 5.78 Å². The number of ketones is 1. The number of nitro groups is 1. The van der Waals surface area contributed by atoms with Gasteiger partial charge in [0.05, 0.1) is 19.0 Å². The van der Waals surface area contributed by atoms with Gasteiger partial charge in [0, 0.05) is 10.5 Å². The lowest BCUT2D eigenvalue weighted by atomic mass is 10.1. The fraction of sp³-hybridized carbons (Fsp3) is 0.273. The van der Waals surface area contributed by atoms with E-state index in [9.17, 15) is 14.9 Å². The molecule has 6 heteroatoms. The first-order chi connectivity index (χ1) is 8.04. The smallest absolute Gasteiger partial charge is 0.238 e. The molecule has 1 rings (SSSR count). The number of aliphatic imine (C=N–C) groups is 1. The number of hydrogen-bond acceptors (Lipinski definition) is 5. The highest BCUT2D eigenvalue weighted by Gasteiger charge is 2.07. The topological polar surface area (TPSA) is 81.8 Å². The van der Waals surface area contributed by atoms with Crippen molar-refractivity contribution in [1.82, 2.24) is 0 Å². The first-order valence-electron chi connectivity index (χ1n) is 4.88. The second-order valence-electron chi connectivity index (χ2n) is 3.27. The van der Waals surface area contributed by atoms with Crippen LogP contribution in [0.3, 0.4) is 0 Å². The van der Waals surface area contributed by atoms with E-state index in [1.165, 1.54) is 14.0 Å². The number of hydrogen-bond donors (Lipinski definition) is 0. The molecule has 0 bridgehead atoms. The van der Waals surface area contributed by atoms with Gasteiger partial charge in [-0.3, -0.25) is 19.9 Å². The minimum atomic E-state index is -0.500. The van der Waals surface area contributed by atoms with Gasteiger partial charge in [0.2, 0.25) is 6.54 Å². The molecule has 0 aromatic heterocycles. The van der Waals surface area contributed by atoms with Crippen LogP contribution in [0.15, 0.2) is 23.2 Å². The second-order valence-corrected chi connectivity index (χ2v) is 3.27. The minimum Gasteiger partial charge on any atom is -0.497 e. The molecule has 0 aliphatic rings. The highest BCUT2D eigenvalue weighted by molar-refractivity contribution is 5.99. The van der Waals surface area contributed by atoms with E-state index in [4.69, 9.17) is 4.74 Å². The molecule has 90 valence electrons. The van der Waals surface area contributed by atoms with Gasteiger partial charge in [0.1, 0.15) is 5.75 Å². The van der Waals surface area contributed by atoms with Gasteiger partial charge in [-0.15, -0.1) is 0 Å². The summed E-state index contributed by atoms with van der Waals surface area (Å²) in [4.78, 5) is 24.9. The molecule has 0 unspecified atom stereocenters. The minimum absolute atomic E-state index is 0.169. The zero-order chi connectivity index (χ0) is 12.8. The zero-order valence-corrected chi connectivity index (χ0v) is 9.54. The van der Waals surface area contributed by atoms with E-state index in [1.807, 2.05) is 0 Å². The van der Waals surface area contributed by atoms with E-state index in [0.717, 1.165) is 6.21 Å². The molecule has 1 aromatic carbocycles. The Labute approximate surface area is 98.1 Å². The van der Waals surface area contributed by atoms with Crippen molar-refractivity contribution >= 4 is 17.7 Å². The van der Waals surface area contributed by atoms with Crippen molar-refractivity contribution < 1.29 is 14.5 Å². The Balaban J connectivity index is 3.02. The average Bonchev–Trinajstić information content (AvgIpc) is 2.28. The van der Waals surface area contributed by atoms with Crippen LogP contribution in [0.2, 0.25) is 0 Å². The molecule has 0 N–H and O–H groups in total. The Morgan fingerprint density at radius 2 is 2.29 bits per heavy atom. The summed E-state index contributed by atoms with van der Waals surface area (Å²) in [6, 6.07) is 4.79. The van der Waals surface area contributed by atoms with Crippen LogP contribution < -0.4 is 4.74 Å². The van der Waals surface area contributed by atoms with Crippen LogP contribution in [-0.4, -0.2) is 30.6 Å². The quantitative estimate of drug-likeness (QED) is 0.338. The number of Topliss-reactive ketones (excluding diaryl/α,β-unsaturated/α-hetero) is 1. The summed E-state index contributed by atoms with van der Waals surface area (Å²) in [6.45, 7) is 1.03. The van der Waals surface area contributed by atoms with Gasteiger partial charge >= 0.3 is 0 Å². The van der Waals surface area contributed by atoms with Crippen molar-refractivity contribution in [3.05, 3.63) is 33.9 Å². The normalized spacial score (nSPS) is 10.5. The number of methoxy groups -OCH3 is 1. The van der Waals surface area contributed by atoms with Crippen molar-refractivity contribution in [2.24, 2.45) is 4.99 Å². The van der Waals surface area contributed by atoms with E-state index < -0.39 is 4.92 Å². The molecule has 0 saturated heterocycles. The molecule has 0 radical (unpaired) electrons. The van der Waals surface area contributed by atoms with Crippen LogP contribution in [0.5, 0.6) is 5.75 Å². The molecule has 0 saturated carbocycles. The highest BCUT2D eigenvalue weighted by atomic mass is 16.6.